The smallest absolute Gasteiger partial charge is 0.254 e. The van der Waals surface area contributed by atoms with Gasteiger partial charge in [0.05, 0.1) is 17.9 Å². The van der Waals surface area contributed by atoms with E-state index in [0.717, 1.165) is 17.0 Å². The van der Waals surface area contributed by atoms with E-state index >= 15 is 0 Å². The van der Waals surface area contributed by atoms with Crippen LogP contribution in [0.25, 0.3) is 22.4 Å². The maximum absolute atomic E-state index is 12.8. The lowest BCUT2D eigenvalue weighted by Crippen LogP contribution is -2.26. The van der Waals surface area contributed by atoms with Gasteiger partial charge in [0, 0.05) is 24.1 Å². The van der Waals surface area contributed by atoms with Gasteiger partial charge in [0.2, 0.25) is 0 Å². The van der Waals surface area contributed by atoms with Gasteiger partial charge in [-0.25, -0.2) is 4.98 Å². The zero-order valence-corrected chi connectivity index (χ0v) is 16.1. The van der Waals surface area contributed by atoms with Crippen LogP contribution in [-0.4, -0.2) is 33.0 Å². The van der Waals surface area contributed by atoms with Gasteiger partial charge in [-0.3, -0.25) is 9.89 Å². The van der Waals surface area contributed by atoms with E-state index in [1.165, 1.54) is 0 Å². The van der Waals surface area contributed by atoms with Gasteiger partial charge in [0.1, 0.15) is 5.52 Å². The summed E-state index contributed by atoms with van der Waals surface area (Å²) in [6.07, 6.45) is 0. The Morgan fingerprint density at radius 1 is 1.14 bits per heavy atom. The van der Waals surface area contributed by atoms with E-state index in [1.807, 2.05) is 50.2 Å². The summed E-state index contributed by atoms with van der Waals surface area (Å²) in [6, 6.07) is 17.3. The Morgan fingerprint density at radius 3 is 2.68 bits per heavy atom. The average molecular weight is 374 g/mol. The van der Waals surface area contributed by atoms with Crippen molar-refractivity contribution in [3.63, 3.8) is 0 Å². The molecule has 4 aromatic rings. The molecular weight excluding hydrogens is 352 g/mol. The highest BCUT2D eigenvalue weighted by molar-refractivity contribution is 5.97. The Kier molecular flexibility index (Phi) is 4.69. The molecule has 0 bridgehead atoms. The molecule has 0 aliphatic carbocycles. The molecule has 0 radical (unpaired) electrons. The van der Waals surface area contributed by atoms with Gasteiger partial charge in [-0.05, 0) is 24.3 Å². The van der Waals surface area contributed by atoms with Gasteiger partial charge >= 0.3 is 0 Å². The first-order valence-corrected chi connectivity index (χ1v) is 9.27. The van der Waals surface area contributed by atoms with Crippen LogP contribution in [0.3, 0.4) is 0 Å². The molecule has 0 aliphatic heterocycles. The normalized spacial score (nSPS) is 11.3. The third-order valence-electron chi connectivity index (χ3n) is 4.60. The van der Waals surface area contributed by atoms with Crippen LogP contribution >= 0.6 is 0 Å². The van der Waals surface area contributed by atoms with E-state index in [9.17, 15) is 4.79 Å². The highest BCUT2D eigenvalue weighted by Gasteiger charge is 2.16. The molecule has 0 fully saturated rings. The van der Waals surface area contributed by atoms with Crippen LogP contribution in [0.4, 0.5) is 0 Å². The zero-order valence-electron chi connectivity index (χ0n) is 16.1. The van der Waals surface area contributed by atoms with Crippen molar-refractivity contribution >= 4 is 17.0 Å². The number of nitrogens with one attached hydrogen (secondary N) is 1. The van der Waals surface area contributed by atoms with Crippen LogP contribution in [0.2, 0.25) is 0 Å². The first-order chi connectivity index (χ1) is 13.5. The lowest BCUT2D eigenvalue weighted by atomic mass is 10.1. The predicted octanol–water partition coefficient (Wildman–Crippen LogP) is 4.61. The molecule has 2 aromatic carbocycles. The number of aromatic amines is 1. The number of oxazole rings is 1. The van der Waals surface area contributed by atoms with Crippen LogP contribution < -0.4 is 0 Å². The number of hydrogen-bond donors (Lipinski definition) is 1. The lowest BCUT2D eigenvalue weighted by molar-refractivity contribution is 0.0783. The number of carbonyl (C=O) groups is 1. The fourth-order valence-corrected chi connectivity index (χ4v) is 3.07. The van der Waals surface area contributed by atoms with Gasteiger partial charge in [0.25, 0.3) is 5.91 Å². The van der Waals surface area contributed by atoms with Crippen molar-refractivity contribution in [3.05, 3.63) is 71.7 Å². The number of fused-ring (bicyclic) bond motifs is 1. The van der Waals surface area contributed by atoms with Gasteiger partial charge in [-0.2, -0.15) is 5.10 Å². The molecule has 142 valence electrons. The Labute approximate surface area is 163 Å². The number of benzene rings is 2. The Balaban J connectivity index is 1.50. The molecule has 1 N–H and O–H groups in total. The highest BCUT2D eigenvalue weighted by Crippen LogP contribution is 2.23. The quantitative estimate of drug-likeness (QED) is 0.553. The maximum atomic E-state index is 12.8. The van der Waals surface area contributed by atoms with Crippen molar-refractivity contribution in [3.8, 4) is 11.3 Å². The molecule has 0 saturated carbocycles. The van der Waals surface area contributed by atoms with Gasteiger partial charge < -0.3 is 9.32 Å². The average Bonchev–Trinajstić information content (AvgIpc) is 3.34. The van der Waals surface area contributed by atoms with E-state index in [1.54, 1.807) is 30.1 Å². The summed E-state index contributed by atoms with van der Waals surface area (Å²) in [5.74, 6) is 0.805. The van der Waals surface area contributed by atoms with Crippen molar-refractivity contribution in [2.24, 2.45) is 0 Å². The number of aromatic nitrogens is 3. The van der Waals surface area contributed by atoms with Gasteiger partial charge in [-0.1, -0.05) is 44.2 Å². The first-order valence-electron chi connectivity index (χ1n) is 9.27. The van der Waals surface area contributed by atoms with Crippen molar-refractivity contribution in [1.29, 1.82) is 0 Å². The largest absolute Gasteiger partial charge is 0.440 e. The summed E-state index contributed by atoms with van der Waals surface area (Å²) in [4.78, 5) is 19.0. The number of H-pyrrole nitrogens is 1. The molecule has 0 spiro atoms. The molecule has 2 heterocycles. The zero-order chi connectivity index (χ0) is 19.7. The van der Waals surface area contributed by atoms with E-state index in [0.29, 0.717) is 29.1 Å². The number of rotatable bonds is 5. The SMILES string of the molecule is CC(C)c1nc2cc(C(=O)N(C)Cc3cc(-c4ccccc4)n[nH]3)ccc2o1. The minimum absolute atomic E-state index is 0.0770. The Hall–Kier alpha value is -3.41. The van der Waals surface area contributed by atoms with E-state index in [-0.39, 0.29) is 11.8 Å². The molecule has 4 rings (SSSR count). The second kappa shape index (κ2) is 7.31. The second-order valence-electron chi connectivity index (χ2n) is 7.19. The number of carbonyl (C=O) groups excluding carboxylic acids is 1. The molecule has 0 aliphatic rings. The summed E-state index contributed by atoms with van der Waals surface area (Å²) in [7, 11) is 1.78. The third kappa shape index (κ3) is 3.53. The molecule has 6 nitrogen and oxygen atoms in total. The summed E-state index contributed by atoms with van der Waals surface area (Å²) in [5, 5.41) is 7.36. The van der Waals surface area contributed by atoms with Crippen LogP contribution in [0.1, 0.15) is 41.7 Å². The van der Waals surface area contributed by atoms with Crippen LogP contribution in [0.15, 0.2) is 59.0 Å². The number of amides is 1. The molecule has 6 heteroatoms. The summed E-state index contributed by atoms with van der Waals surface area (Å²) in [5.41, 5.74) is 4.76. The monoisotopic (exact) mass is 374 g/mol. The summed E-state index contributed by atoms with van der Waals surface area (Å²) < 4.78 is 5.72. The van der Waals surface area contributed by atoms with E-state index in [4.69, 9.17) is 4.42 Å². The van der Waals surface area contributed by atoms with E-state index < -0.39 is 0 Å². The van der Waals surface area contributed by atoms with Crippen molar-refractivity contribution < 1.29 is 9.21 Å². The fourth-order valence-electron chi connectivity index (χ4n) is 3.07. The Bertz CT molecular complexity index is 1110. The van der Waals surface area contributed by atoms with Crippen molar-refractivity contribution in [1.82, 2.24) is 20.1 Å². The predicted molar refractivity (Wildman–Crippen MR) is 108 cm³/mol. The third-order valence-corrected chi connectivity index (χ3v) is 4.60. The van der Waals surface area contributed by atoms with Crippen LogP contribution in [0.5, 0.6) is 0 Å². The topological polar surface area (TPSA) is 75.0 Å². The summed E-state index contributed by atoms with van der Waals surface area (Å²) in [6.45, 7) is 4.49. The second-order valence-corrected chi connectivity index (χ2v) is 7.19. The minimum atomic E-state index is -0.0770. The maximum Gasteiger partial charge on any atom is 0.254 e. The molecular formula is C22H22N4O2. The first kappa shape index (κ1) is 18.0. The van der Waals surface area contributed by atoms with Gasteiger partial charge in [-0.15, -0.1) is 0 Å². The standard InChI is InChI=1S/C22H22N4O2/c1-14(2)21-23-19-11-16(9-10-20(19)28-21)22(27)26(3)13-17-12-18(25-24-17)15-7-5-4-6-8-15/h4-12,14H,13H2,1-3H3,(H,24,25). The van der Waals surface area contributed by atoms with Gasteiger partial charge in [0.15, 0.2) is 11.5 Å². The molecule has 28 heavy (non-hydrogen) atoms. The molecule has 0 unspecified atom stereocenters. The summed E-state index contributed by atoms with van der Waals surface area (Å²) >= 11 is 0. The number of nitrogens with zero attached hydrogens (tertiary/aromatic N) is 3. The molecule has 2 aromatic heterocycles. The van der Waals surface area contributed by atoms with Crippen molar-refractivity contribution in [2.75, 3.05) is 7.05 Å². The van der Waals surface area contributed by atoms with Crippen LogP contribution in [0, 0.1) is 0 Å². The fraction of sp³-hybridized carbons (Fsp3) is 0.227. The van der Waals surface area contributed by atoms with E-state index in [2.05, 4.69) is 15.2 Å². The minimum Gasteiger partial charge on any atom is -0.440 e. The van der Waals surface area contributed by atoms with Crippen LogP contribution in [-0.2, 0) is 6.54 Å². The molecule has 0 saturated heterocycles. The molecule has 1 amide bonds. The number of hydrogen-bond acceptors (Lipinski definition) is 4. The lowest BCUT2D eigenvalue weighted by Gasteiger charge is -2.16. The molecule has 0 atom stereocenters. The highest BCUT2D eigenvalue weighted by atomic mass is 16.3. The Morgan fingerprint density at radius 2 is 1.93 bits per heavy atom. The van der Waals surface area contributed by atoms with Crippen molar-refractivity contribution in [2.45, 2.75) is 26.3 Å².